The second kappa shape index (κ2) is 10.0. The van der Waals surface area contributed by atoms with Gasteiger partial charge >= 0.3 is 0 Å². The van der Waals surface area contributed by atoms with Crippen LogP contribution in [0.2, 0.25) is 0 Å². The molecule has 0 aromatic rings. The van der Waals surface area contributed by atoms with Crippen LogP contribution >= 0.6 is 0 Å². The zero-order valence-electron chi connectivity index (χ0n) is 13.7. The minimum absolute atomic E-state index is 0.0489. The van der Waals surface area contributed by atoms with Crippen LogP contribution < -0.4 is 5.73 Å². The highest BCUT2D eigenvalue weighted by molar-refractivity contribution is 5.84. The van der Waals surface area contributed by atoms with Gasteiger partial charge in [0, 0.05) is 6.92 Å². The summed E-state index contributed by atoms with van der Waals surface area (Å²) >= 11 is 0. The van der Waals surface area contributed by atoms with Gasteiger partial charge in [-0.05, 0) is 24.4 Å². The summed E-state index contributed by atoms with van der Waals surface area (Å²) < 4.78 is 13.5. The van der Waals surface area contributed by atoms with Crippen LogP contribution in [0.3, 0.4) is 0 Å². The van der Waals surface area contributed by atoms with Gasteiger partial charge in [0.1, 0.15) is 20.1 Å². The standard InChI is InChI=1S/C18H28N2O2/c1-5-17-8-10-20(15(17)3)11-12-21-13-14-22-16(4)18(6-2)7-9-19/h5-10,17-18H,1-2,11-14,19H2,3-4H3/q+2/b9-7-. The Morgan fingerprint density at radius 2 is 2.18 bits per heavy atom. The monoisotopic (exact) mass is 304 g/mol. The lowest BCUT2D eigenvalue weighted by atomic mass is 10.0. The predicted molar refractivity (Wildman–Crippen MR) is 91.3 cm³/mol. The van der Waals surface area contributed by atoms with Crippen molar-refractivity contribution in [1.82, 2.24) is 0 Å². The minimum Gasteiger partial charge on any atom is -0.405 e. The summed E-state index contributed by atoms with van der Waals surface area (Å²) in [7, 11) is 0. The first-order valence-corrected chi connectivity index (χ1v) is 7.60. The second-order valence-electron chi connectivity index (χ2n) is 5.16. The highest BCUT2D eigenvalue weighted by Gasteiger charge is 2.24. The van der Waals surface area contributed by atoms with Gasteiger partial charge in [-0.1, -0.05) is 12.7 Å². The van der Waals surface area contributed by atoms with Crippen LogP contribution in [0, 0.1) is 17.9 Å². The molecule has 0 amide bonds. The van der Waals surface area contributed by atoms with Crippen molar-refractivity contribution < 1.29 is 14.0 Å². The molecule has 0 bridgehead atoms. The third-order valence-corrected chi connectivity index (χ3v) is 3.74. The fourth-order valence-electron chi connectivity index (χ4n) is 2.27. The molecule has 1 aliphatic heterocycles. The van der Waals surface area contributed by atoms with Gasteiger partial charge in [-0.15, -0.1) is 6.58 Å². The van der Waals surface area contributed by atoms with E-state index in [-0.39, 0.29) is 5.92 Å². The zero-order chi connectivity index (χ0) is 16.4. The second-order valence-corrected chi connectivity index (χ2v) is 5.16. The molecule has 1 heterocycles. The van der Waals surface area contributed by atoms with E-state index in [1.807, 2.05) is 19.1 Å². The van der Waals surface area contributed by atoms with E-state index in [2.05, 4.69) is 36.9 Å². The largest absolute Gasteiger partial charge is 0.405 e. The molecule has 0 aromatic carbocycles. The third kappa shape index (κ3) is 5.54. The van der Waals surface area contributed by atoms with Crippen molar-refractivity contribution in [3.63, 3.8) is 0 Å². The predicted octanol–water partition coefficient (Wildman–Crippen LogP) is 2.65. The molecule has 4 nitrogen and oxygen atoms in total. The summed E-state index contributed by atoms with van der Waals surface area (Å²) in [6.07, 6.45) is 12.2. The van der Waals surface area contributed by atoms with Crippen LogP contribution in [0.25, 0.3) is 0 Å². The zero-order valence-corrected chi connectivity index (χ0v) is 13.7. The maximum Gasteiger partial charge on any atom is 0.249 e. The van der Waals surface area contributed by atoms with Crippen LogP contribution in [-0.4, -0.2) is 36.7 Å². The van der Waals surface area contributed by atoms with Gasteiger partial charge in [-0.25, -0.2) is 4.58 Å². The van der Waals surface area contributed by atoms with Gasteiger partial charge in [0.05, 0.1) is 12.5 Å². The SMILES string of the molecule is C=CC1C=C[N+](CCOCCO[C+](C)C(C=C)/C=C\N)=C1C. The molecule has 120 valence electrons. The van der Waals surface area contributed by atoms with E-state index in [0.717, 1.165) is 12.6 Å². The molecule has 0 aromatic heterocycles. The Morgan fingerprint density at radius 1 is 1.41 bits per heavy atom. The summed E-state index contributed by atoms with van der Waals surface area (Å²) in [5.74, 6) is 0.403. The molecule has 1 rings (SSSR count). The minimum atomic E-state index is 0.0489. The Labute approximate surface area is 134 Å². The van der Waals surface area contributed by atoms with Gasteiger partial charge in [-0.2, -0.15) is 4.74 Å². The van der Waals surface area contributed by atoms with E-state index in [9.17, 15) is 0 Å². The first kappa shape index (κ1) is 18.3. The first-order valence-electron chi connectivity index (χ1n) is 7.60. The Balaban J connectivity index is 2.16. The van der Waals surface area contributed by atoms with E-state index in [0.29, 0.717) is 25.7 Å². The molecule has 0 saturated heterocycles. The summed E-state index contributed by atoms with van der Waals surface area (Å²) in [6.45, 7) is 14.2. The number of nitrogens with zero attached hydrogens (tertiary/aromatic N) is 1. The number of hydrogen-bond acceptors (Lipinski definition) is 3. The fraction of sp³-hybridized carbons (Fsp3) is 0.444. The Bertz CT molecular complexity index is 452. The molecular weight excluding hydrogens is 276 g/mol. The van der Waals surface area contributed by atoms with Crippen molar-refractivity contribution in [2.24, 2.45) is 17.6 Å². The summed E-state index contributed by atoms with van der Waals surface area (Å²) in [6, 6.07) is 0. The van der Waals surface area contributed by atoms with Crippen molar-refractivity contribution in [3.05, 3.63) is 56.0 Å². The Morgan fingerprint density at radius 3 is 2.77 bits per heavy atom. The van der Waals surface area contributed by atoms with E-state index >= 15 is 0 Å². The number of nitrogens with two attached hydrogens (primary N) is 1. The highest BCUT2D eigenvalue weighted by atomic mass is 16.5. The van der Waals surface area contributed by atoms with E-state index < -0.39 is 0 Å². The summed E-state index contributed by atoms with van der Waals surface area (Å²) in [5.41, 5.74) is 6.68. The number of ether oxygens (including phenoxy) is 2. The van der Waals surface area contributed by atoms with Crippen molar-refractivity contribution in [3.8, 4) is 0 Å². The van der Waals surface area contributed by atoms with Crippen LogP contribution in [0.1, 0.15) is 13.8 Å². The lowest BCUT2D eigenvalue weighted by molar-refractivity contribution is -0.459. The van der Waals surface area contributed by atoms with E-state index in [1.54, 1.807) is 6.08 Å². The Hall–Kier alpha value is -1.78. The molecule has 0 spiro atoms. The number of allylic oxidation sites excluding steroid dienone is 2. The maximum absolute atomic E-state index is 5.64. The number of rotatable bonds is 11. The molecule has 2 N–H and O–H groups in total. The molecule has 4 heteroatoms. The van der Waals surface area contributed by atoms with Gasteiger partial charge in [-0.3, -0.25) is 0 Å². The van der Waals surface area contributed by atoms with Crippen LogP contribution in [-0.2, 0) is 9.47 Å². The van der Waals surface area contributed by atoms with E-state index in [1.165, 1.54) is 11.9 Å². The molecule has 0 saturated carbocycles. The molecule has 22 heavy (non-hydrogen) atoms. The molecule has 1 aliphatic rings. The summed E-state index contributed by atoms with van der Waals surface area (Å²) in [5, 5.41) is 0. The van der Waals surface area contributed by atoms with E-state index in [4.69, 9.17) is 15.2 Å². The third-order valence-electron chi connectivity index (χ3n) is 3.74. The average molecular weight is 304 g/mol. The molecule has 0 aliphatic carbocycles. The van der Waals surface area contributed by atoms with Gasteiger partial charge in [0.2, 0.25) is 6.10 Å². The first-order chi connectivity index (χ1) is 10.6. The molecule has 2 atom stereocenters. The molecule has 0 radical (unpaired) electrons. The van der Waals surface area contributed by atoms with Gasteiger partial charge in [0.15, 0.2) is 24.4 Å². The van der Waals surface area contributed by atoms with Crippen molar-refractivity contribution in [1.29, 1.82) is 0 Å². The van der Waals surface area contributed by atoms with Crippen molar-refractivity contribution in [2.45, 2.75) is 13.8 Å². The lowest BCUT2D eigenvalue weighted by Gasteiger charge is -2.06. The van der Waals surface area contributed by atoms with Crippen molar-refractivity contribution in [2.75, 3.05) is 26.4 Å². The molecule has 0 fully saturated rings. The Kier molecular flexibility index (Phi) is 8.33. The average Bonchev–Trinajstić information content (AvgIpc) is 2.88. The lowest BCUT2D eigenvalue weighted by Crippen LogP contribution is -2.20. The quantitative estimate of drug-likeness (QED) is 0.276. The topological polar surface area (TPSA) is 47.5 Å². The highest BCUT2D eigenvalue weighted by Crippen LogP contribution is 2.17. The smallest absolute Gasteiger partial charge is 0.249 e. The molecular formula is C18H28N2O2+2. The van der Waals surface area contributed by atoms with Crippen molar-refractivity contribution >= 4 is 5.71 Å². The summed E-state index contributed by atoms with van der Waals surface area (Å²) in [4.78, 5) is 0. The van der Waals surface area contributed by atoms with Crippen LogP contribution in [0.4, 0.5) is 0 Å². The number of hydrogen-bond donors (Lipinski definition) is 1. The molecule has 2 unspecified atom stereocenters. The fourth-order valence-corrected chi connectivity index (χ4v) is 2.27. The maximum atomic E-state index is 5.64. The van der Waals surface area contributed by atoms with Crippen LogP contribution in [0.5, 0.6) is 0 Å². The normalized spacial score (nSPS) is 18.9. The van der Waals surface area contributed by atoms with Gasteiger partial charge in [0.25, 0.3) is 0 Å². The van der Waals surface area contributed by atoms with Gasteiger partial charge < -0.3 is 10.5 Å². The van der Waals surface area contributed by atoms with Crippen LogP contribution in [0.15, 0.2) is 49.9 Å².